The number of rotatable bonds is 0. The van der Waals surface area contributed by atoms with Gasteiger partial charge in [0.1, 0.15) is 34.4 Å². The molecule has 2 aromatic heterocycles. The molecule has 1 aliphatic rings. The fourth-order valence-electron chi connectivity index (χ4n) is 2.79. The Kier molecular flexibility index (Phi) is 3.56. The van der Waals surface area contributed by atoms with Crippen LogP contribution in [0.15, 0.2) is 16.9 Å². The summed E-state index contributed by atoms with van der Waals surface area (Å²) in [4.78, 5) is 19.6. The second-order valence-electron chi connectivity index (χ2n) is 5.62. The molecule has 27 heavy (non-hydrogen) atoms. The van der Waals surface area contributed by atoms with Gasteiger partial charge in [-0.15, -0.1) is 0 Å². The van der Waals surface area contributed by atoms with Crippen LogP contribution in [0.25, 0.3) is 22.1 Å². The molecule has 0 amide bonds. The minimum atomic E-state index is -1.36. The molecule has 0 saturated heterocycles. The number of hydrogen-bond donors (Lipinski definition) is 0. The number of nitriles is 2. The number of nitrogens with zero attached hydrogens (tertiary/aromatic N) is 7. The van der Waals surface area contributed by atoms with E-state index in [4.69, 9.17) is 0 Å². The molecular weight excluding hydrogens is 359 g/mol. The Labute approximate surface area is 149 Å². The summed E-state index contributed by atoms with van der Waals surface area (Å²) in [6, 6.07) is 3.48. The van der Waals surface area contributed by atoms with Crippen molar-refractivity contribution in [3.05, 3.63) is 40.5 Å². The third-order valence-electron chi connectivity index (χ3n) is 4.03. The first-order valence-corrected chi connectivity index (χ1v) is 7.55. The first-order valence-electron chi connectivity index (χ1n) is 7.55. The molecule has 7 nitrogen and oxygen atoms in total. The summed E-state index contributed by atoms with van der Waals surface area (Å²) in [6.45, 7) is 1.36. The van der Waals surface area contributed by atoms with Crippen LogP contribution in [0.4, 0.5) is 18.9 Å². The number of halogens is 3. The number of allylic oxidation sites excluding steroid dienone is 2. The van der Waals surface area contributed by atoms with Gasteiger partial charge in [-0.3, -0.25) is 0 Å². The number of benzene rings is 1. The summed E-state index contributed by atoms with van der Waals surface area (Å²) in [5, 5.41) is 18.4. The molecule has 0 bridgehead atoms. The highest BCUT2D eigenvalue weighted by Crippen LogP contribution is 2.38. The maximum Gasteiger partial charge on any atom is 0.249 e. The average Bonchev–Trinajstić information content (AvgIpc) is 2.81. The van der Waals surface area contributed by atoms with Gasteiger partial charge in [-0.05, 0) is 19.4 Å². The molecule has 1 aliphatic heterocycles. The molecule has 0 atom stereocenters. The molecule has 4 rings (SSSR count). The smallest absolute Gasteiger partial charge is 0.244 e. The van der Waals surface area contributed by atoms with Gasteiger partial charge in [0.25, 0.3) is 0 Å². The zero-order valence-electron chi connectivity index (χ0n) is 13.5. The standard InChI is InChI=1S/C17H6F3N7/c1-6-16(19)27-15-13(23-6)12-7(2-3-8(18)17(20)26-12)11-14(15)25-10(5-22)9(4-21)24-11/h3H,2H2,1H3. The van der Waals surface area contributed by atoms with Crippen LogP contribution < -0.4 is 0 Å². The molecule has 10 heteroatoms. The Morgan fingerprint density at radius 1 is 0.889 bits per heavy atom. The van der Waals surface area contributed by atoms with Crippen LogP contribution in [0.5, 0.6) is 0 Å². The molecular formula is C17H6F3N7. The van der Waals surface area contributed by atoms with E-state index in [1.807, 2.05) is 0 Å². The summed E-state index contributed by atoms with van der Waals surface area (Å²) in [5.74, 6) is -3.42. The fourth-order valence-corrected chi connectivity index (χ4v) is 2.79. The van der Waals surface area contributed by atoms with E-state index < -0.39 is 17.7 Å². The molecule has 130 valence electrons. The van der Waals surface area contributed by atoms with Crippen molar-refractivity contribution in [2.45, 2.75) is 13.3 Å². The van der Waals surface area contributed by atoms with Crippen LogP contribution in [0.3, 0.4) is 0 Å². The van der Waals surface area contributed by atoms with E-state index in [1.165, 1.54) is 6.92 Å². The van der Waals surface area contributed by atoms with Crippen molar-refractivity contribution in [2.75, 3.05) is 0 Å². The summed E-state index contributed by atoms with van der Waals surface area (Å²) in [6.07, 6.45) is 0.847. The Morgan fingerprint density at radius 3 is 2.19 bits per heavy atom. The van der Waals surface area contributed by atoms with Gasteiger partial charge in [0.15, 0.2) is 17.2 Å². The largest absolute Gasteiger partial charge is 0.249 e. The lowest BCUT2D eigenvalue weighted by Gasteiger charge is -2.11. The van der Waals surface area contributed by atoms with Crippen molar-refractivity contribution in [3.63, 3.8) is 0 Å². The van der Waals surface area contributed by atoms with Crippen LogP contribution in [0.1, 0.15) is 22.6 Å². The topological polar surface area (TPSA) is 112 Å². The van der Waals surface area contributed by atoms with Gasteiger partial charge in [-0.2, -0.15) is 19.3 Å². The summed E-state index contributed by atoms with van der Waals surface area (Å²) >= 11 is 0. The first kappa shape index (κ1) is 16.5. The fraction of sp³-hybridized carbons (Fsp3) is 0.118. The van der Waals surface area contributed by atoms with E-state index in [2.05, 4.69) is 24.9 Å². The van der Waals surface area contributed by atoms with Crippen molar-refractivity contribution in [3.8, 4) is 12.1 Å². The Hall–Kier alpha value is -3.92. The molecule has 0 spiro atoms. The molecule has 3 aromatic rings. The summed E-state index contributed by atoms with van der Waals surface area (Å²) < 4.78 is 41.7. The predicted octanol–water partition coefficient (Wildman–Crippen LogP) is 3.17. The lowest BCUT2D eigenvalue weighted by Crippen LogP contribution is -2.03. The van der Waals surface area contributed by atoms with Crippen molar-refractivity contribution in [2.24, 2.45) is 4.99 Å². The zero-order valence-corrected chi connectivity index (χ0v) is 13.5. The highest BCUT2D eigenvalue weighted by molar-refractivity contribution is 6.10. The van der Waals surface area contributed by atoms with Gasteiger partial charge in [-0.25, -0.2) is 29.3 Å². The maximum atomic E-state index is 14.0. The van der Waals surface area contributed by atoms with Crippen molar-refractivity contribution < 1.29 is 13.2 Å². The maximum absolute atomic E-state index is 14.0. The predicted molar refractivity (Wildman–Crippen MR) is 87.9 cm³/mol. The lowest BCUT2D eigenvalue weighted by molar-refractivity contribution is 0.572. The normalized spacial score (nSPS) is 13.4. The second-order valence-corrected chi connectivity index (χ2v) is 5.62. The molecule has 0 N–H and O–H groups in total. The van der Waals surface area contributed by atoms with E-state index in [0.717, 1.165) is 6.08 Å². The third kappa shape index (κ3) is 2.39. The van der Waals surface area contributed by atoms with Gasteiger partial charge >= 0.3 is 0 Å². The van der Waals surface area contributed by atoms with E-state index in [9.17, 15) is 23.7 Å². The van der Waals surface area contributed by atoms with Crippen molar-refractivity contribution in [1.82, 2.24) is 19.9 Å². The average molecular weight is 365 g/mol. The van der Waals surface area contributed by atoms with E-state index in [1.54, 1.807) is 12.1 Å². The van der Waals surface area contributed by atoms with Crippen LogP contribution >= 0.6 is 0 Å². The van der Waals surface area contributed by atoms with Gasteiger partial charge in [-0.1, -0.05) is 0 Å². The highest BCUT2D eigenvalue weighted by atomic mass is 19.2. The van der Waals surface area contributed by atoms with Crippen molar-refractivity contribution >= 4 is 33.7 Å². The lowest BCUT2D eigenvalue weighted by atomic mass is 10.0. The monoisotopic (exact) mass is 365 g/mol. The number of hydrogen-bond acceptors (Lipinski definition) is 7. The van der Waals surface area contributed by atoms with Crippen LogP contribution in [0, 0.1) is 35.5 Å². The number of fused-ring (bicyclic) bond motifs is 6. The van der Waals surface area contributed by atoms with Gasteiger partial charge in [0.2, 0.25) is 11.9 Å². The quantitative estimate of drug-likeness (QED) is 0.566. The summed E-state index contributed by atoms with van der Waals surface area (Å²) in [7, 11) is 0. The molecule has 0 radical (unpaired) electrons. The molecule has 0 fully saturated rings. The molecule has 0 saturated carbocycles. The minimum Gasteiger partial charge on any atom is -0.244 e. The van der Waals surface area contributed by atoms with E-state index >= 15 is 0 Å². The zero-order chi connectivity index (χ0) is 19.3. The van der Waals surface area contributed by atoms with Gasteiger partial charge in [0, 0.05) is 5.56 Å². The molecule has 1 aromatic carbocycles. The Morgan fingerprint density at radius 2 is 1.52 bits per heavy atom. The molecule has 3 heterocycles. The second kappa shape index (κ2) is 5.81. The Bertz CT molecular complexity index is 1310. The van der Waals surface area contributed by atoms with Crippen LogP contribution in [0.2, 0.25) is 0 Å². The molecule has 0 aliphatic carbocycles. The van der Waals surface area contributed by atoms with Crippen LogP contribution in [-0.4, -0.2) is 25.9 Å². The SMILES string of the molecule is Cc1nc2c3c(c4nc(C#N)c(C#N)nc4c2nc1F)CC=C(F)C(F)=N3. The first-order chi connectivity index (χ1) is 12.9. The molecule has 0 unspecified atom stereocenters. The number of aromatic nitrogens is 4. The third-order valence-corrected chi connectivity index (χ3v) is 4.03. The van der Waals surface area contributed by atoms with E-state index in [-0.39, 0.29) is 56.8 Å². The van der Waals surface area contributed by atoms with Crippen LogP contribution in [-0.2, 0) is 6.42 Å². The van der Waals surface area contributed by atoms with Gasteiger partial charge in [0.05, 0.1) is 11.2 Å². The summed E-state index contributed by atoms with van der Waals surface area (Å²) in [5.41, 5.74) is -0.517. The highest BCUT2D eigenvalue weighted by Gasteiger charge is 2.24. The number of aryl methyl sites for hydroxylation is 1. The van der Waals surface area contributed by atoms with E-state index in [0.29, 0.717) is 0 Å². The number of aliphatic imine (C=N–C) groups is 1. The van der Waals surface area contributed by atoms with Gasteiger partial charge < -0.3 is 0 Å². The minimum absolute atomic E-state index is 0.00227. The van der Waals surface area contributed by atoms with Crippen molar-refractivity contribution in [1.29, 1.82) is 10.5 Å². The Balaban J connectivity index is 2.30.